The third-order valence-electron chi connectivity index (χ3n) is 13.5. The van der Waals surface area contributed by atoms with Crippen LogP contribution in [-0.4, -0.2) is 0 Å². The quantitative estimate of drug-likeness (QED) is 0.156. The summed E-state index contributed by atoms with van der Waals surface area (Å²) in [5.41, 5.74) is 23.8. The number of nitrogens with zero attached hydrogens (tertiary/aromatic N) is 1. The lowest BCUT2D eigenvalue weighted by atomic mass is 9.78. The third kappa shape index (κ3) is 5.91. The maximum atomic E-state index is 2.48. The average molecular weight is 782 g/mol. The molecule has 0 aliphatic heterocycles. The fourth-order valence-corrected chi connectivity index (χ4v) is 10.5. The molecule has 0 bridgehead atoms. The van der Waals surface area contributed by atoms with E-state index in [1.54, 1.807) is 0 Å². The molecular formula is C60H47N. The van der Waals surface area contributed by atoms with Crippen LogP contribution in [0.5, 0.6) is 0 Å². The van der Waals surface area contributed by atoms with Gasteiger partial charge in [0.25, 0.3) is 0 Å². The molecule has 0 atom stereocenters. The number of rotatable bonds is 7. The van der Waals surface area contributed by atoms with Gasteiger partial charge < -0.3 is 4.90 Å². The van der Waals surface area contributed by atoms with Gasteiger partial charge in [0.2, 0.25) is 0 Å². The fraction of sp³-hybridized carbons (Fsp3) is 0.100. The summed E-state index contributed by atoms with van der Waals surface area (Å²) in [7, 11) is 0. The van der Waals surface area contributed by atoms with Gasteiger partial charge in [0.05, 0.1) is 5.69 Å². The Morgan fingerprint density at radius 1 is 0.279 bits per heavy atom. The van der Waals surface area contributed by atoms with Gasteiger partial charge in [-0.3, -0.25) is 0 Å². The second-order valence-corrected chi connectivity index (χ2v) is 17.7. The Bertz CT molecular complexity index is 3110. The molecule has 9 aromatic carbocycles. The van der Waals surface area contributed by atoms with Gasteiger partial charge in [-0.05, 0) is 114 Å². The molecule has 0 radical (unpaired) electrons. The lowest BCUT2D eigenvalue weighted by Gasteiger charge is -2.31. The molecule has 0 heterocycles. The molecule has 0 unspecified atom stereocenters. The van der Waals surface area contributed by atoms with Gasteiger partial charge >= 0.3 is 0 Å². The first kappa shape index (κ1) is 36.8. The summed E-state index contributed by atoms with van der Waals surface area (Å²) >= 11 is 0. The molecule has 0 aromatic heterocycles. The van der Waals surface area contributed by atoms with Crippen molar-refractivity contribution in [2.45, 2.75) is 38.5 Å². The molecular weight excluding hydrogens is 735 g/mol. The van der Waals surface area contributed by atoms with Crippen molar-refractivity contribution in [2.75, 3.05) is 4.90 Å². The van der Waals surface area contributed by atoms with E-state index in [-0.39, 0.29) is 10.8 Å². The number of anilines is 3. The Morgan fingerprint density at radius 2 is 0.705 bits per heavy atom. The Labute approximate surface area is 360 Å². The summed E-state index contributed by atoms with van der Waals surface area (Å²) in [6, 6.07) is 78.4. The average Bonchev–Trinajstić information content (AvgIpc) is 3.69. The summed E-state index contributed by atoms with van der Waals surface area (Å²) in [5, 5.41) is 0. The molecule has 1 nitrogen and oxygen atoms in total. The molecule has 0 fully saturated rings. The minimum absolute atomic E-state index is 0.124. The van der Waals surface area contributed by atoms with Gasteiger partial charge in [0.15, 0.2) is 0 Å². The number of hydrogen-bond donors (Lipinski definition) is 0. The second-order valence-electron chi connectivity index (χ2n) is 17.7. The monoisotopic (exact) mass is 781 g/mol. The molecule has 0 saturated carbocycles. The standard InChI is InChI=1S/C60H47N/c1-59(2)54-26-13-10-21-48(54)50-38-37-45(39-56(50)59)61(57-28-15-12-23-51(57)53-25-16-24-52-49-22-11-14-27-55(49)60(3,4)58(52)53)44-35-33-41(34-36-44)40-29-31-43(32-30-40)47-20-9-8-19-46(47)42-17-6-5-7-18-42/h5-39H,1-4H3. The van der Waals surface area contributed by atoms with Crippen molar-refractivity contribution in [3.05, 3.63) is 235 Å². The van der Waals surface area contributed by atoms with Crippen molar-refractivity contribution < 1.29 is 0 Å². The van der Waals surface area contributed by atoms with Crippen molar-refractivity contribution in [3.8, 4) is 66.8 Å². The Hall–Kier alpha value is -7.22. The van der Waals surface area contributed by atoms with Crippen molar-refractivity contribution in [1.29, 1.82) is 0 Å². The zero-order chi connectivity index (χ0) is 41.3. The fourth-order valence-electron chi connectivity index (χ4n) is 10.5. The number of para-hydroxylation sites is 1. The maximum Gasteiger partial charge on any atom is 0.0540 e. The molecule has 0 saturated heterocycles. The molecule has 0 amide bonds. The van der Waals surface area contributed by atoms with E-state index >= 15 is 0 Å². The number of fused-ring (bicyclic) bond motifs is 6. The summed E-state index contributed by atoms with van der Waals surface area (Å²) < 4.78 is 0. The molecule has 0 N–H and O–H groups in total. The lowest BCUT2D eigenvalue weighted by Crippen LogP contribution is -2.18. The van der Waals surface area contributed by atoms with E-state index in [2.05, 4.69) is 245 Å². The lowest BCUT2D eigenvalue weighted by molar-refractivity contribution is 0.660. The summed E-state index contributed by atoms with van der Waals surface area (Å²) in [6.45, 7) is 9.50. The molecule has 292 valence electrons. The molecule has 9 aromatic rings. The Kier molecular flexibility index (Phi) is 8.58. The second kappa shape index (κ2) is 14.2. The minimum atomic E-state index is -0.148. The van der Waals surface area contributed by atoms with Crippen molar-refractivity contribution in [1.82, 2.24) is 0 Å². The smallest absolute Gasteiger partial charge is 0.0540 e. The number of benzene rings is 9. The maximum absolute atomic E-state index is 2.48. The van der Waals surface area contributed by atoms with E-state index in [9.17, 15) is 0 Å². The molecule has 11 rings (SSSR count). The zero-order valence-electron chi connectivity index (χ0n) is 35.2. The van der Waals surface area contributed by atoms with E-state index < -0.39 is 0 Å². The van der Waals surface area contributed by atoms with Gasteiger partial charge in [-0.1, -0.05) is 210 Å². The highest BCUT2D eigenvalue weighted by molar-refractivity contribution is 5.95. The molecule has 0 spiro atoms. The van der Waals surface area contributed by atoms with Crippen molar-refractivity contribution in [2.24, 2.45) is 0 Å². The van der Waals surface area contributed by atoms with Crippen LogP contribution in [0.3, 0.4) is 0 Å². The van der Waals surface area contributed by atoms with Crippen LogP contribution in [-0.2, 0) is 10.8 Å². The third-order valence-corrected chi connectivity index (χ3v) is 13.5. The summed E-state index contributed by atoms with van der Waals surface area (Å²) in [6.07, 6.45) is 0. The summed E-state index contributed by atoms with van der Waals surface area (Å²) in [5.74, 6) is 0. The van der Waals surface area contributed by atoms with E-state index in [1.807, 2.05) is 0 Å². The van der Waals surface area contributed by atoms with Crippen LogP contribution in [0.25, 0.3) is 66.8 Å². The molecule has 61 heavy (non-hydrogen) atoms. The van der Waals surface area contributed by atoms with Crippen LogP contribution in [0.4, 0.5) is 17.1 Å². The first-order chi connectivity index (χ1) is 29.8. The topological polar surface area (TPSA) is 3.24 Å². The number of hydrogen-bond acceptors (Lipinski definition) is 1. The van der Waals surface area contributed by atoms with Gasteiger partial charge in [0.1, 0.15) is 0 Å². The van der Waals surface area contributed by atoms with Gasteiger partial charge in [-0.2, -0.15) is 0 Å². The molecule has 1 heteroatoms. The zero-order valence-corrected chi connectivity index (χ0v) is 35.2. The SMILES string of the molecule is CC1(C)c2ccccc2-c2ccc(N(c3ccc(-c4ccc(-c5ccccc5-c5ccccc5)cc4)cc3)c3ccccc3-c3cccc4c3C(C)(C)c3ccccc3-4)cc21. The highest BCUT2D eigenvalue weighted by Crippen LogP contribution is 2.55. The predicted octanol–water partition coefficient (Wildman–Crippen LogP) is 16.4. The molecule has 2 aliphatic rings. The van der Waals surface area contributed by atoms with Crippen LogP contribution in [0.1, 0.15) is 49.9 Å². The van der Waals surface area contributed by atoms with Crippen LogP contribution < -0.4 is 4.90 Å². The van der Waals surface area contributed by atoms with Crippen LogP contribution >= 0.6 is 0 Å². The first-order valence-corrected chi connectivity index (χ1v) is 21.5. The van der Waals surface area contributed by atoms with Crippen molar-refractivity contribution in [3.63, 3.8) is 0 Å². The van der Waals surface area contributed by atoms with Crippen molar-refractivity contribution >= 4 is 17.1 Å². The van der Waals surface area contributed by atoms with E-state index in [0.29, 0.717) is 0 Å². The normalized spacial score (nSPS) is 13.8. The van der Waals surface area contributed by atoms with E-state index in [1.165, 1.54) is 89.0 Å². The Morgan fingerprint density at radius 3 is 1.36 bits per heavy atom. The van der Waals surface area contributed by atoms with Gasteiger partial charge in [-0.25, -0.2) is 0 Å². The van der Waals surface area contributed by atoms with E-state index in [0.717, 1.165) is 17.1 Å². The van der Waals surface area contributed by atoms with Crippen LogP contribution in [0, 0.1) is 0 Å². The van der Waals surface area contributed by atoms with Crippen LogP contribution in [0.15, 0.2) is 212 Å². The van der Waals surface area contributed by atoms with Gasteiger partial charge in [-0.15, -0.1) is 0 Å². The predicted molar refractivity (Wildman–Crippen MR) is 258 cm³/mol. The summed E-state index contributed by atoms with van der Waals surface area (Å²) in [4.78, 5) is 2.48. The largest absolute Gasteiger partial charge is 0.310 e. The highest BCUT2D eigenvalue weighted by Gasteiger charge is 2.39. The van der Waals surface area contributed by atoms with Crippen LogP contribution in [0.2, 0.25) is 0 Å². The van der Waals surface area contributed by atoms with E-state index in [4.69, 9.17) is 0 Å². The molecule has 2 aliphatic carbocycles. The Balaban J connectivity index is 1.03. The van der Waals surface area contributed by atoms with Gasteiger partial charge in [0, 0.05) is 27.8 Å². The highest BCUT2D eigenvalue weighted by atomic mass is 15.1. The minimum Gasteiger partial charge on any atom is -0.310 e. The first-order valence-electron chi connectivity index (χ1n) is 21.5.